The number of nitrogens with zero attached hydrogens (tertiary/aromatic N) is 2. The zero-order valence-corrected chi connectivity index (χ0v) is 7.89. The maximum Gasteiger partial charge on any atom is 0.165 e. The van der Waals surface area contributed by atoms with E-state index in [0.29, 0.717) is 0 Å². The first-order chi connectivity index (χ1) is 6.93. The van der Waals surface area contributed by atoms with Crippen LogP contribution in [0.25, 0.3) is 0 Å². The highest BCUT2D eigenvalue weighted by Gasteiger charge is 2.26. The molecule has 3 nitrogen and oxygen atoms in total. The highest BCUT2D eigenvalue weighted by atomic mass is 16.5. The summed E-state index contributed by atoms with van der Waals surface area (Å²) in [6.45, 7) is 0.872. The van der Waals surface area contributed by atoms with Crippen LogP contribution >= 0.6 is 0 Å². The van der Waals surface area contributed by atoms with Crippen molar-refractivity contribution >= 4 is 11.9 Å². The van der Waals surface area contributed by atoms with E-state index in [2.05, 4.69) is 22.1 Å². The minimum Gasteiger partial charge on any atom is -0.372 e. The van der Waals surface area contributed by atoms with Crippen molar-refractivity contribution in [1.82, 2.24) is 0 Å². The van der Waals surface area contributed by atoms with E-state index in [4.69, 9.17) is 4.74 Å². The summed E-state index contributed by atoms with van der Waals surface area (Å²) in [5.74, 6) is 0. The second-order valence-electron chi connectivity index (χ2n) is 3.73. The average Bonchev–Trinajstić information content (AvgIpc) is 2.86. The Labute approximate surface area is 82.9 Å². The van der Waals surface area contributed by atoms with E-state index in [1.54, 1.807) is 0 Å². The zero-order chi connectivity index (χ0) is 9.38. The van der Waals surface area contributed by atoms with Crippen molar-refractivity contribution in [2.75, 3.05) is 6.61 Å². The number of allylic oxidation sites excluding steroid dienone is 1. The molecule has 1 saturated heterocycles. The summed E-state index contributed by atoms with van der Waals surface area (Å²) in [5.41, 5.74) is 2.27. The van der Waals surface area contributed by atoms with Crippen LogP contribution in [-0.2, 0) is 4.74 Å². The lowest BCUT2D eigenvalue weighted by molar-refractivity contribution is 0.159. The Kier molecular flexibility index (Phi) is 1.84. The molecule has 3 rings (SSSR count). The minimum atomic E-state index is 0.0131. The van der Waals surface area contributed by atoms with Gasteiger partial charge in [-0.3, -0.25) is 9.98 Å². The summed E-state index contributed by atoms with van der Waals surface area (Å²) in [6.07, 6.45) is 10.4. The Morgan fingerprint density at radius 2 is 2.43 bits per heavy atom. The minimum absolute atomic E-state index is 0.0131. The number of rotatable bonds is 1. The zero-order valence-electron chi connectivity index (χ0n) is 7.89. The van der Waals surface area contributed by atoms with Crippen molar-refractivity contribution < 1.29 is 4.74 Å². The lowest BCUT2D eigenvalue weighted by Gasteiger charge is -2.07. The molecular formula is C11H12N2O. The first-order valence-electron chi connectivity index (χ1n) is 5.04. The molecule has 0 aromatic heterocycles. The molecule has 3 heterocycles. The van der Waals surface area contributed by atoms with Crippen molar-refractivity contribution in [3.8, 4) is 0 Å². The maximum atomic E-state index is 5.59. The molecule has 3 aliphatic rings. The Balaban J connectivity index is 1.86. The van der Waals surface area contributed by atoms with Crippen LogP contribution in [0.2, 0.25) is 0 Å². The molecule has 0 amide bonds. The van der Waals surface area contributed by atoms with E-state index in [-0.39, 0.29) is 12.3 Å². The van der Waals surface area contributed by atoms with Gasteiger partial charge in [-0.1, -0.05) is 6.08 Å². The third-order valence-electron chi connectivity index (χ3n) is 2.75. The van der Waals surface area contributed by atoms with Crippen LogP contribution in [0.3, 0.4) is 0 Å². The molecular weight excluding hydrogens is 176 g/mol. The predicted octanol–water partition coefficient (Wildman–Crippen LogP) is 1.51. The van der Waals surface area contributed by atoms with Gasteiger partial charge in [0.2, 0.25) is 0 Å². The largest absolute Gasteiger partial charge is 0.372 e. The second-order valence-corrected chi connectivity index (χ2v) is 3.73. The number of hydrogen-bond acceptors (Lipinski definition) is 3. The fraction of sp³-hybridized carbons (Fsp3) is 0.455. The van der Waals surface area contributed by atoms with Gasteiger partial charge in [0.1, 0.15) is 0 Å². The van der Waals surface area contributed by atoms with Gasteiger partial charge < -0.3 is 4.74 Å². The van der Waals surface area contributed by atoms with Gasteiger partial charge in [-0.2, -0.15) is 0 Å². The maximum absolute atomic E-state index is 5.59. The Morgan fingerprint density at radius 1 is 1.43 bits per heavy atom. The summed E-state index contributed by atoms with van der Waals surface area (Å²) < 4.78 is 5.59. The van der Waals surface area contributed by atoms with E-state index in [1.165, 1.54) is 5.57 Å². The van der Waals surface area contributed by atoms with Crippen LogP contribution in [-0.4, -0.2) is 30.8 Å². The van der Waals surface area contributed by atoms with Gasteiger partial charge in [-0.25, -0.2) is 0 Å². The quantitative estimate of drug-likeness (QED) is 0.614. The van der Waals surface area contributed by atoms with Gasteiger partial charge >= 0.3 is 0 Å². The van der Waals surface area contributed by atoms with Crippen molar-refractivity contribution in [3.05, 3.63) is 23.8 Å². The fourth-order valence-electron chi connectivity index (χ4n) is 2.02. The lowest BCUT2D eigenvalue weighted by atomic mass is 10.1. The predicted molar refractivity (Wildman–Crippen MR) is 55.9 cm³/mol. The monoisotopic (exact) mass is 188 g/mol. The molecule has 0 radical (unpaired) electrons. The van der Waals surface area contributed by atoms with Gasteiger partial charge in [-0.15, -0.1) is 0 Å². The molecule has 0 aromatic carbocycles. The Bertz CT molecular complexity index is 359. The number of fused-ring (bicyclic) bond motifs is 1. The van der Waals surface area contributed by atoms with E-state index in [9.17, 15) is 0 Å². The topological polar surface area (TPSA) is 34.0 Å². The van der Waals surface area contributed by atoms with Gasteiger partial charge in [0, 0.05) is 18.4 Å². The number of dihydropyridines is 1. The van der Waals surface area contributed by atoms with Gasteiger partial charge in [-0.05, 0) is 25.0 Å². The normalized spacial score (nSPS) is 34.3. The van der Waals surface area contributed by atoms with E-state index in [1.807, 2.05) is 12.3 Å². The fourth-order valence-corrected chi connectivity index (χ4v) is 2.02. The number of ether oxygens (including phenoxy) is 1. The van der Waals surface area contributed by atoms with Gasteiger partial charge in [0.15, 0.2) is 6.17 Å². The molecule has 0 aromatic rings. The Morgan fingerprint density at radius 3 is 3.21 bits per heavy atom. The van der Waals surface area contributed by atoms with Gasteiger partial charge in [0.05, 0.1) is 11.8 Å². The first-order valence-corrected chi connectivity index (χ1v) is 5.04. The number of hydrogen-bond donors (Lipinski definition) is 0. The van der Waals surface area contributed by atoms with Crippen LogP contribution in [0.4, 0.5) is 0 Å². The van der Waals surface area contributed by atoms with Crippen LogP contribution in [0.5, 0.6) is 0 Å². The van der Waals surface area contributed by atoms with Crippen LogP contribution < -0.4 is 0 Å². The summed E-state index contributed by atoms with van der Waals surface area (Å²) in [4.78, 5) is 8.83. The van der Waals surface area contributed by atoms with Crippen LogP contribution in [0.15, 0.2) is 33.8 Å². The molecule has 2 atom stereocenters. The molecule has 0 spiro atoms. The molecule has 14 heavy (non-hydrogen) atoms. The third kappa shape index (κ3) is 1.24. The highest BCUT2D eigenvalue weighted by molar-refractivity contribution is 6.02. The second kappa shape index (κ2) is 3.17. The smallest absolute Gasteiger partial charge is 0.165 e. The molecule has 3 aliphatic heterocycles. The van der Waals surface area contributed by atoms with Crippen molar-refractivity contribution in [3.63, 3.8) is 0 Å². The average molecular weight is 188 g/mol. The summed E-state index contributed by atoms with van der Waals surface area (Å²) in [6, 6.07) is 0. The molecule has 3 heteroatoms. The SMILES string of the molecule is C1=CC2=CC(C3CCCO3)=NC2N=C1. The summed E-state index contributed by atoms with van der Waals surface area (Å²) in [7, 11) is 0. The van der Waals surface area contributed by atoms with E-state index >= 15 is 0 Å². The van der Waals surface area contributed by atoms with Crippen molar-refractivity contribution in [2.24, 2.45) is 9.98 Å². The molecule has 0 bridgehead atoms. The lowest BCUT2D eigenvalue weighted by Crippen LogP contribution is -2.16. The van der Waals surface area contributed by atoms with E-state index in [0.717, 1.165) is 25.2 Å². The molecule has 1 fully saturated rings. The molecule has 2 unspecified atom stereocenters. The molecule has 0 saturated carbocycles. The number of aliphatic imine (C=N–C) groups is 2. The molecule has 72 valence electrons. The summed E-state index contributed by atoms with van der Waals surface area (Å²) in [5, 5.41) is 0. The standard InChI is InChI=1S/C11H12N2O/c1-3-8-7-9(10-4-2-6-14-10)13-11(8)12-5-1/h1,3,5,7,10-11H,2,4,6H2. The van der Waals surface area contributed by atoms with Crippen LogP contribution in [0, 0.1) is 0 Å². The third-order valence-corrected chi connectivity index (χ3v) is 2.75. The summed E-state index contributed by atoms with van der Waals surface area (Å²) >= 11 is 0. The van der Waals surface area contributed by atoms with Crippen molar-refractivity contribution in [2.45, 2.75) is 25.1 Å². The molecule has 0 aliphatic carbocycles. The highest BCUT2D eigenvalue weighted by Crippen LogP contribution is 2.24. The first kappa shape index (κ1) is 8.12. The Hall–Kier alpha value is -1.22. The van der Waals surface area contributed by atoms with E-state index < -0.39 is 0 Å². The van der Waals surface area contributed by atoms with Gasteiger partial charge in [0.25, 0.3) is 0 Å². The van der Waals surface area contributed by atoms with Crippen LogP contribution in [0.1, 0.15) is 12.8 Å². The van der Waals surface area contributed by atoms with Crippen molar-refractivity contribution in [1.29, 1.82) is 0 Å². The molecule has 0 N–H and O–H groups in total.